The Morgan fingerprint density at radius 1 is 1.09 bits per heavy atom. The molecule has 1 fully saturated rings. The molecule has 0 aromatic heterocycles. The summed E-state index contributed by atoms with van der Waals surface area (Å²) in [5, 5.41) is 2.90. The molecule has 4 nitrogen and oxygen atoms in total. The zero-order chi connectivity index (χ0) is 16.7. The second-order valence-electron chi connectivity index (χ2n) is 6.25. The lowest BCUT2D eigenvalue weighted by Gasteiger charge is -2.21. The van der Waals surface area contributed by atoms with Crippen molar-refractivity contribution in [1.82, 2.24) is 0 Å². The van der Waals surface area contributed by atoms with Gasteiger partial charge >= 0.3 is 5.97 Å². The van der Waals surface area contributed by atoms with Crippen molar-refractivity contribution in [2.45, 2.75) is 64.9 Å². The van der Waals surface area contributed by atoms with Crippen LogP contribution in [0.15, 0.2) is 24.3 Å². The first-order valence-electron chi connectivity index (χ1n) is 8.76. The van der Waals surface area contributed by atoms with E-state index in [1.807, 2.05) is 13.8 Å². The molecule has 0 bridgehead atoms. The van der Waals surface area contributed by atoms with E-state index in [2.05, 4.69) is 5.32 Å². The molecule has 2 rings (SSSR count). The molecular formula is C19H27NO3. The zero-order valence-electron chi connectivity index (χ0n) is 14.1. The number of anilines is 1. The lowest BCUT2D eigenvalue weighted by Crippen LogP contribution is -2.22. The minimum absolute atomic E-state index is 0.0333. The van der Waals surface area contributed by atoms with Gasteiger partial charge in [0.2, 0.25) is 5.91 Å². The number of carbonyl (C=O) groups is 2. The summed E-state index contributed by atoms with van der Waals surface area (Å²) in [5.41, 5.74) is 1.26. The molecule has 0 heterocycles. The predicted octanol–water partition coefficient (Wildman–Crippen LogP) is 4.55. The summed E-state index contributed by atoms with van der Waals surface area (Å²) in [4.78, 5) is 24.2. The summed E-state index contributed by atoms with van der Waals surface area (Å²) in [6.45, 7) is 4.02. The molecule has 1 aliphatic rings. The summed E-state index contributed by atoms with van der Waals surface area (Å²) in [7, 11) is 0. The molecule has 126 valence electrons. The molecule has 4 heteroatoms. The summed E-state index contributed by atoms with van der Waals surface area (Å²) in [5.74, 6) is -0.201. The Morgan fingerprint density at radius 2 is 1.70 bits per heavy atom. The fourth-order valence-electron chi connectivity index (χ4n) is 3.00. The van der Waals surface area contributed by atoms with E-state index >= 15 is 0 Å². The van der Waals surface area contributed by atoms with Gasteiger partial charge in [-0.1, -0.05) is 20.3 Å². The van der Waals surface area contributed by atoms with Gasteiger partial charge in [-0.2, -0.15) is 0 Å². The Balaban J connectivity index is 1.90. The van der Waals surface area contributed by atoms with Gasteiger partial charge in [-0.25, -0.2) is 4.79 Å². The number of rotatable bonds is 6. The Labute approximate surface area is 138 Å². The normalized spacial score (nSPS) is 15.4. The van der Waals surface area contributed by atoms with Crippen molar-refractivity contribution in [2.24, 2.45) is 5.92 Å². The van der Waals surface area contributed by atoms with Gasteiger partial charge in [0, 0.05) is 11.6 Å². The van der Waals surface area contributed by atoms with Crippen LogP contribution in [0.3, 0.4) is 0 Å². The van der Waals surface area contributed by atoms with Crippen molar-refractivity contribution < 1.29 is 14.3 Å². The van der Waals surface area contributed by atoms with Crippen LogP contribution in [0.2, 0.25) is 0 Å². The third-order valence-electron chi connectivity index (χ3n) is 4.57. The minimum atomic E-state index is -0.269. The van der Waals surface area contributed by atoms with Gasteiger partial charge in [0.05, 0.1) is 5.56 Å². The lowest BCUT2D eigenvalue weighted by atomic mass is 9.98. The van der Waals surface area contributed by atoms with Gasteiger partial charge in [-0.15, -0.1) is 0 Å². The first kappa shape index (κ1) is 17.5. The monoisotopic (exact) mass is 317 g/mol. The van der Waals surface area contributed by atoms with Crippen molar-refractivity contribution in [2.75, 3.05) is 5.32 Å². The molecule has 1 aliphatic carbocycles. The Hall–Kier alpha value is -1.84. The molecule has 1 aromatic rings. The molecule has 0 unspecified atom stereocenters. The molecular weight excluding hydrogens is 290 g/mol. The summed E-state index contributed by atoms with van der Waals surface area (Å²) in [6.07, 6.45) is 7.16. The van der Waals surface area contributed by atoms with E-state index in [4.69, 9.17) is 4.74 Å². The van der Waals surface area contributed by atoms with Crippen LogP contribution < -0.4 is 5.32 Å². The van der Waals surface area contributed by atoms with Crippen molar-refractivity contribution in [1.29, 1.82) is 0 Å². The maximum atomic E-state index is 12.1. The highest BCUT2D eigenvalue weighted by Crippen LogP contribution is 2.22. The standard InChI is InChI=1S/C19H27NO3/c1-3-14(4-2)18(21)20-16-12-10-15(11-13-16)19(22)23-17-8-6-5-7-9-17/h10-14,17H,3-9H2,1-2H3,(H,20,21). The van der Waals surface area contributed by atoms with Gasteiger partial charge in [0.25, 0.3) is 0 Å². The fraction of sp³-hybridized carbons (Fsp3) is 0.579. The van der Waals surface area contributed by atoms with E-state index in [0.29, 0.717) is 5.56 Å². The van der Waals surface area contributed by atoms with Gasteiger partial charge < -0.3 is 10.1 Å². The zero-order valence-corrected chi connectivity index (χ0v) is 14.1. The van der Waals surface area contributed by atoms with Gasteiger partial charge in [-0.05, 0) is 62.8 Å². The second kappa shape index (κ2) is 8.70. The third kappa shape index (κ3) is 5.08. The van der Waals surface area contributed by atoms with Crippen molar-refractivity contribution in [3.8, 4) is 0 Å². The molecule has 0 radical (unpaired) electrons. The average molecular weight is 317 g/mol. The molecule has 23 heavy (non-hydrogen) atoms. The topological polar surface area (TPSA) is 55.4 Å². The van der Waals surface area contributed by atoms with E-state index in [0.717, 1.165) is 44.2 Å². The molecule has 1 saturated carbocycles. The summed E-state index contributed by atoms with van der Waals surface area (Å²) >= 11 is 0. The van der Waals surface area contributed by atoms with Crippen LogP contribution in [0.25, 0.3) is 0 Å². The highest BCUT2D eigenvalue weighted by atomic mass is 16.5. The third-order valence-corrected chi connectivity index (χ3v) is 4.57. The van der Waals surface area contributed by atoms with Crippen LogP contribution in [0.5, 0.6) is 0 Å². The molecule has 0 aliphatic heterocycles. The summed E-state index contributed by atoms with van der Waals surface area (Å²) < 4.78 is 5.55. The SMILES string of the molecule is CCC(CC)C(=O)Nc1ccc(C(=O)OC2CCCCC2)cc1. The first-order valence-corrected chi connectivity index (χ1v) is 8.76. The Morgan fingerprint density at radius 3 is 2.26 bits per heavy atom. The van der Waals surface area contributed by atoms with Gasteiger partial charge in [0.1, 0.15) is 6.10 Å². The predicted molar refractivity (Wildman–Crippen MR) is 91.4 cm³/mol. The van der Waals surface area contributed by atoms with E-state index in [9.17, 15) is 9.59 Å². The average Bonchev–Trinajstić information content (AvgIpc) is 2.57. The fourth-order valence-corrected chi connectivity index (χ4v) is 3.00. The molecule has 1 N–H and O–H groups in total. The van der Waals surface area contributed by atoms with E-state index < -0.39 is 0 Å². The number of esters is 1. The maximum absolute atomic E-state index is 12.1. The lowest BCUT2D eigenvalue weighted by molar-refractivity contribution is -0.120. The first-order chi connectivity index (χ1) is 11.1. The molecule has 0 spiro atoms. The van der Waals surface area contributed by atoms with Crippen LogP contribution in [0.1, 0.15) is 69.2 Å². The maximum Gasteiger partial charge on any atom is 0.338 e. The Kier molecular flexibility index (Phi) is 6.63. The number of amides is 1. The molecule has 1 aromatic carbocycles. The second-order valence-corrected chi connectivity index (χ2v) is 6.25. The molecule has 0 atom stereocenters. The number of carbonyl (C=O) groups excluding carboxylic acids is 2. The highest BCUT2D eigenvalue weighted by Gasteiger charge is 2.19. The minimum Gasteiger partial charge on any atom is -0.459 e. The van der Waals surface area contributed by atoms with Gasteiger partial charge in [-0.3, -0.25) is 4.79 Å². The number of nitrogens with one attached hydrogen (secondary N) is 1. The molecule has 1 amide bonds. The van der Waals surface area contributed by atoms with E-state index in [1.165, 1.54) is 6.42 Å². The van der Waals surface area contributed by atoms with Crippen molar-refractivity contribution >= 4 is 17.6 Å². The Bertz CT molecular complexity index is 514. The smallest absolute Gasteiger partial charge is 0.338 e. The van der Waals surface area contributed by atoms with E-state index in [1.54, 1.807) is 24.3 Å². The van der Waals surface area contributed by atoms with Crippen LogP contribution in [-0.4, -0.2) is 18.0 Å². The van der Waals surface area contributed by atoms with Crippen LogP contribution in [-0.2, 0) is 9.53 Å². The summed E-state index contributed by atoms with van der Waals surface area (Å²) in [6, 6.07) is 6.96. The molecule has 0 saturated heterocycles. The van der Waals surface area contributed by atoms with Crippen LogP contribution in [0.4, 0.5) is 5.69 Å². The van der Waals surface area contributed by atoms with Crippen molar-refractivity contribution in [3.63, 3.8) is 0 Å². The number of benzene rings is 1. The van der Waals surface area contributed by atoms with Crippen molar-refractivity contribution in [3.05, 3.63) is 29.8 Å². The quantitative estimate of drug-likeness (QED) is 0.783. The largest absolute Gasteiger partial charge is 0.459 e. The number of ether oxygens (including phenoxy) is 1. The van der Waals surface area contributed by atoms with E-state index in [-0.39, 0.29) is 23.9 Å². The number of hydrogen-bond acceptors (Lipinski definition) is 3. The van der Waals surface area contributed by atoms with Gasteiger partial charge in [0.15, 0.2) is 0 Å². The highest BCUT2D eigenvalue weighted by molar-refractivity contribution is 5.94. The van der Waals surface area contributed by atoms with Crippen LogP contribution >= 0.6 is 0 Å². The van der Waals surface area contributed by atoms with Crippen LogP contribution in [0, 0.1) is 5.92 Å². The number of hydrogen-bond donors (Lipinski definition) is 1.